The first-order chi connectivity index (χ1) is 7.24. The van der Waals surface area contributed by atoms with Crippen LogP contribution in [0.1, 0.15) is 39.5 Å². The second kappa shape index (κ2) is 7.20. The summed E-state index contributed by atoms with van der Waals surface area (Å²) in [5.74, 6) is 0. The Morgan fingerprint density at radius 1 is 1.40 bits per heavy atom. The van der Waals surface area contributed by atoms with Crippen LogP contribution in [0.2, 0.25) is 0 Å². The molecule has 0 radical (unpaired) electrons. The van der Waals surface area contributed by atoms with Crippen molar-refractivity contribution < 1.29 is 4.74 Å². The number of unbranched alkanes of at least 4 members (excludes halogenated alkanes) is 1. The Hall–Kier alpha value is -0.120. The molecule has 1 saturated heterocycles. The van der Waals surface area contributed by atoms with E-state index < -0.39 is 0 Å². The van der Waals surface area contributed by atoms with Gasteiger partial charge in [-0.25, -0.2) is 0 Å². The summed E-state index contributed by atoms with van der Waals surface area (Å²) in [4.78, 5) is 2.50. The number of hydrogen-bond donors (Lipinski definition) is 1. The Labute approximate surface area is 94.0 Å². The first-order valence-electron chi connectivity index (χ1n) is 6.31. The van der Waals surface area contributed by atoms with Crippen LogP contribution in [-0.2, 0) is 4.74 Å². The highest BCUT2D eigenvalue weighted by atomic mass is 16.5. The van der Waals surface area contributed by atoms with Gasteiger partial charge in [0.15, 0.2) is 0 Å². The van der Waals surface area contributed by atoms with Gasteiger partial charge in [-0.05, 0) is 32.7 Å². The summed E-state index contributed by atoms with van der Waals surface area (Å²) in [6.07, 6.45) is 4.67. The van der Waals surface area contributed by atoms with Gasteiger partial charge in [0.2, 0.25) is 0 Å². The predicted octanol–water partition coefficient (Wildman–Crippen LogP) is 1.61. The van der Waals surface area contributed by atoms with Gasteiger partial charge in [-0.3, -0.25) is 4.90 Å². The molecule has 3 nitrogen and oxygen atoms in total. The second-order valence-electron chi connectivity index (χ2n) is 4.64. The molecule has 0 aromatic heterocycles. The lowest BCUT2D eigenvalue weighted by molar-refractivity contribution is 0.0713. The first kappa shape index (κ1) is 12.9. The lowest BCUT2D eigenvalue weighted by atomic mass is 9.99. The molecule has 0 aliphatic carbocycles. The molecule has 0 aromatic rings. The summed E-state index contributed by atoms with van der Waals surface area (Å²) in [6.45, 7) is 8.46. The monoisotopic (exact) mass is 214 g/mol. The van der Waals surface area contributed by atoms with Crippen molar-refractivity contribution in [2.24, 2.45) is 5.73 Å². The highest BCUT2D eigenvalue weighted by molar-refractivity contribution is 4.80. The van der Waals surface area contributed by atoms with Crippen molar-refractivity contribution in [1.29, 1.82) is 0 Å². The zero-order chi connectivity index (χ0) is 11.1. The molecule has 3 heteroatoms. The van der Waals surface area contributed by atoms with E-state index in [0.717, 1.165) is 39.1 Å². The number of nitrogens with zero attached hydrogens (tertiary/aromatic N) is 1. The van der Waals surface area contributed by atoms with E-state index in [2.05, 4.69) is 18.7 Å². The molecular weight excluding hydrogens is 188 g/mol. The largest absolute Gasteiger partial charge is 0.380 e. The molecule has 0 spiro atoms. The summed E-state index contributed by atoms with van der Waals surface area (Å²) in [5.41, 5.74) is 5.92. The van der Waals surface area contributed by atoms with Gasteiger partial charge < -0.3 is 10.5 Å². The van der Waals surface area contributed by atoms with Crippen molar-refractivity contribution in [2.45, 2.75) is 51.6 Å². The SMILES string of the molecule is CCCCOCCN1CCC(N)CC1C. The van der Waals surface area contributed by atoms with Gasteiger partial charge >= 0.3 is 0 Å². The van der Waals surface area contributed by atoms with E-state index in [0.29, 0.717) is 12.1 Å². The fraction of sp³-hybridized carbons (Fsp3) is 1.00. The van der Waals surface area contributed by atoms with Crippen LogP contribution in [0, 0.1) is 0 Å². The molecular formula is C12H26N2O. The third-order valence-corrected chi connectivity index (χ3v) is 3.22. The molecule has 1 rings (SSSR count). The van der Waals surface area contributed by atoms with Crippen molar-refractivity contribution in [3.63, 3.8) is 0 Å². The number of rotatable bonds is 6. The summed E-state index contributed by atoms with van der Waals surface area (Å²) in [6, 6.07) is 1.04. The summed E-state index contributed by atoms with van der Waals surface area (Å²) in [5, 5.41) is 0. The Morgan fingerprint density at radius 2 is 2.20 bits per heavy atom. The Balaban J connectivity index is 2.05. The van der Waals surface area contributed by atoms with Crippen molar-refractivity contribution in [2.75, 3.05) is 26.3 Å². The topological polar surface area (TPSA) is 38.5 Å². The van der Waals surface area contributed by atoms with E-state index in [1.165, 1.54) is 12.8 Å². The molecule has 0 amide bonds. The van der Waals surface area contributed by atoms with Gasteiger partial charge in [-0.1, -0.05) is 13.3 Å². The van der Waals surface area contributed by atoms with Crippen LogP contribution in [0.15, 0.2) is 0 Å². The first-order valence-corrected chi connectivity index (χ1v) is 6.31. The lowest BCUT2D eigenvalue weighted by Crippen LogP contribution is -2.46. The van der Waals surface area contributed by atoms with Crippen LogP contribution in [-0.4, -0.2) is 43.3 Å². The average molecular weight is 214 g/mol. The number of likely N-dealkylation sites (tertiary alicyclic amines) is 1. The van der Waals surface area contributed by atoms with E-state index in [-0.39, 0.29) is 0 Å². The molecule has 1 heterocycles. The van der Waals surface area contributed by atoms with E-state index in [1.807, 2.05) is 0 Å². The highest BCUT2D eigenvalue weighted by Crippen LogP contribution is 2.15. The zero-order valence-corrected chi connectivity index (χ0v) is 10.2. The van der Waals surface area contributed by atoms with Crippen LogP contribution in [0.3, 0.4) is 0 Å². The maximum absolute atomic E-state index is 5.92. The molecule has 2 atom stereocenters. The maximum Gasteiger partial charge on any atom is 0.0593 e. The van der Waals surface area contributed by atoms with E-state index in [1.54, 1.807) is 0 Å². The molecule has 15 heavy (non-hydrogen) atoms. The molecule has 1 aliphatic rings. The number of ether oxygens (including phenoxy) is 1. The minimum absolute atomic E-state index is 0.414. The fourth-order valence-electron chi connectivity index (χ4n) is 2.12. The van der Waals surface area contributed by atoms with Crippen LogP contribution < -0.4 is 5.73 Å². The van der Waals surface area contributed by atoms with Crippen molar-refractivity contribution in [3.05, 3.63) is 0 Å². The summed E-state index contributed by atoms with van der Waals surface area (Å²) in [7, 11) is 0. The highest BCUT2D eigenvalue weighted by Gasteiger charge is 2.22. The van der Waals surface area contributed by atoms with Gasteiger partial charge in [-0.15, -0.1) is 0 Å². The summed E-state index contributed by atoms with van der Waals surface area (Å²) < 4.78 is 5.58. The quantitative estimate of drug-likeness (QED) is 0.683. The van der Waals surface area contributed by atoms with E-state index in [9.17, 15) is 0 Å². The average Bonchev–Trinajstić information content (AvgIpc) is 2.20. The molecule has 0 bridgehead atoms. The van der Waals surface area contributed by atoms with Crippen LogP contribution in [0.25, 0.3) is 0 Å². The van der Waals surface area contributed by atoms with Gasteiger partial charge in [0, 0.05) is 25.2 Å². The predicted molar refractivity (Wildman–Crippen MR) is 64.0 cm³/mol. The minimum atomic E-state index is 0.414. The fourth-order valence-corrected chi connectivity index (χ4v) is 2.12. The van der Waals surface area contributed by atoms with Gasteiger partial charge in [0.25, 0.3) is 0 Å². The standard InChI is InChI=1S/C12H26N2O/c1-3-4-8-15-9-7-14-6-5-12(13)10-11(14)2/h11-12H,3-10,13H2,1-2H3. The molecule has 2 unspecified atom stereocenters. The Kier molecular flexibility index (Phi) is 6.22. The molecule has 0 aromatic carbocycles. The molecule has 90 valence electrons. The van der Waals surface area contributed by atoms with E-state index in [4.69, 9.17) is 10.5 Å². The molecule has 0 saturated carbocycles. The third kappa shape index (κ3) is 4.96. The van der Waals surface area contributed by atoms with E-state index >= 15 is 0 Å². The Bertz CT molecular complexity index is 164. The molecule has 2 N–H and O–H groups in total. The van der Waals surface area contributed by atoms with Crippen molar-refractivity contribution in [1.82, 2.24) is 4.90 Å². The van der Waals surface area contributed by atoms with Gasteiger partial charge in [0.05, 0.1) is 6.61 Å². The van der Waals surface area contributed by atoms with Gasteiger partial charge in [-0.2, -0.15) is 0 Å². The second-order valence-corrected chi connectivity index (χ2v) is 4.64. The normalized spacial score (nSPS) is 28.2. The molecule has 1 aliphatic heterocycles. The lowest BCUT2D eigenvalue weighted by Gasteiger charge is -2.36. The van der Waals surface area contributed by atoms with Gasteiger partial charge in [0.1, 0.15) is 0 Å². The number of piperidine rings is 1. The number of hydrogen-bond acceptors (Lipinski definition) is 3. The molecule has 1 fully saturated rings. The maximum atomic E-state index is 5.92. The van der Waals surface area contributed by atoms with Crippen molar-refractivity contribution in [3.8, 4) is 0 Å². The number of nitrogens with two attached hydrogens (primary N) is 1. The van der Waals surface area contributed by atoms with Crippen LogP contribution in [0.5, 0.6) is 0 Å². The third-order valence-electron chi connectivity index (χ3n) is 3.22. The van der Waals surface area contributed by atoms with Crippen LogP contribution in [0.4, 0.5) is 0 Å². The van der Waals surface area contributed by atoms with Crippen LogP contribution >= 0.6 is 0 Å². The van der Waals surface area contributed by atoms with Crippen molar-refractivity contribution >= 4 is 0 Å². The Morgan fingerprint density at radius 3 is 2.87 bits per heavy atom. The minimum Gasteiger partial charge on any atom is -0.380 e. The smallest absolute Gasteiger partial charge is 0.0593 e. The zero-order valence-electron chi connectivity index (χ0n) is 10.2. The summed E-state index contributed by atoms with van der Waals surface area (Å²) >= 11 is 0.